The normalized spacial score (nSPS) is 11.3. The van der Waals surface area contributed by atoms with Gasteiger partial charge in [-0.2, -0.15) is 0 Å². The topological polar surface area (TPSA) is 63.2 Å². The molecule has 210 valence electrons. The molecule has 0 aromatic heterocycles. The van der Waals surface area contributed by atoms with Gasteiger partial charge in [-0.25, -0.2) is 0 Å². The molecular weight excluding hydrogens is 444 g/mol. The van der Waals surface area contributed by atoms with Crippen LogP contribution in [-0.2, 0) is 28.5 Å². The predicted molar refractivity (Wildman–Crippen MR) is 144 cm³/mol. The summed E-state index contributed by atoms with van der Waals surface area (Å²) in [4.78, 5) is 11.6. The molecule has 0 saturated carbocycles. The number of carbonyl (C=O) groups is 1. The van der Waals surface area contributed by atoms with Gasteiger partial charge in [-0.05, 0) is 12.8 Å². The summed E-state index contributed by atoms with van der Waals surface area (Å²) in [6, 6.07) is 0. The summed E-state index contributed by atoms with van der Waals surface area (Å²) in [5.41, 5.74) is 0. The van der Waals surface area contributed by atoms with Gasteiger partial charge in [-0.1, -0.05) is 104 Å². The first-order valence-electron chi connectivity index (χ1n) is 14.8. The van der Waals surface area contributed by atoms with Gasteiger partial charge in [0.2, 0.25) is 0 Å². The van der Waals surface area contributed by atoms with Crippen LogP contribution in [0, 0.1) is 0 Å². The molecule has 0 amide bonds. The average molecular weight is 503 g/mol. The van der Waals surface area contributed by atoms with Gasteiger partial charge >= 0.3 is 5.97 Å². The highest BCUT2D eigenvalue weighted by molar-refractivity contribution is 5.69. The monoisotopic (exact) mass is 502 g/mol. The predicted octanol–water partition coefficient (Wildman–Crippen LogP) is 7.27. The fourth-order valence-electron chi connectivity index (χ4n) is 3.79. The molecule has 0 fully saturated rings. The van der Waals surface area contributed by atoms with E-state index in [1.807, 2.05) is 0 Å². The zero-order valence-electron chi connectivity index (χ0n) is 23.3. The van der Waals surface area contributed by atoms with E-state index < -0.39 is 0 Å². The standard InChI is InChI=1S/C29H58O6/c1-3-5-7-9-11-12-13-14-16-18-20-31-21-22-32-23-24-33-25-26-34-27-28-35-29(30)19-17-15-10-8-6-4-2/h3-28H2,1-2H3. The summed E-state index contributed by atoms with van der Waals surface area (Å²) >= 11 is 0. The fourth-order valence-corrected chi connectivity index (χ4v) is 3.79. The largest absolute Gasteiger partial charge is 0.463 e. The third-order valence-corrected chi connectivity index (χ3v) is 5.98. The van der Waals surface area contributed by atoms with E-state index in [1.54, 1.807) is 0 Å². The SMILES string of the molecule is CCCCCCCCCCCCOCCOCCOCCOCCOC(=O)CCCCCCCC. The van der Waals surface area contributed by atoms with Crippen LogP contribution in [0.2, 0.25) is 0 Å². The van der Waals surface area contributed by atoms with Crippen LogP contribution in [0.1, 0.15) is 123 Å². The van der Waals surface area contributed by atoms with Gasteiger partial charge in [0.25, 0.3) is 0 Å². The second-order valence-electron chi connectivity index (χ2n) is 9.37. The molecule has 35 heavy (non-hydrogen) atoms. The molecule has 0 atom stereocenters. The number of hydrogen-bond donors (Lipinski definition) is 0. The van der Waals surface area contributed by atoms with Gasteiger partial charge in [0.15, 0.2) is 0 Å². The lowest BCUT2D eigenvalue weighted by atomic mass is 10.1. The van der Waals surface area contributed by atoms with Crippen molar-refractivity contribution in [2.45, 2.75) is 123 Å². The van der Waals surface area contributed by atoms with Crippen molar-refractivity contribution >= 4 is 5.97 Å². The van der Waals surface area contributed by atoms with E-state index in [0.717, 1.165) is 25.9 Å². The second kappa shape index (κ2) is 31.3. The Kier molecular flexibility index (Phi) is 30.7. The summed E-state index contributed by atoms with van der Waals surface area (Å²) in [7, 11) is 0. The van der Waals surface area contributed by atoms with Crippen LogP contribution in [0.5, 0.6) is 0 Å². The number of hydrogen-bond acceptors (Lipinski definition) is 6. The van der Waals surface area contributed by atoms with Gasteiger partial charge in [-0.15, -0.1) is 0 Å². The fraction of sp³-hybridized carbons (Fsp3) is 0.966. The van der Waals surface area contributed by atoms with Crippen molar-refractivity contribution in [3.05, 3.63) is 0 Å². The third kappa shape index (κ3) is 31.3. The maximum atomic E-state index is 11.6. The van der Waals surface area contributed by atoms with Crippen LogP contribution < -0.4 is 0 Å². The van der Waals surface area contributed by atoms with E-state index >= 15 is 0 Å². The minimum absolute atomic E-state index is 0.120. The first kappa shape index (κ1) is 34.3. The Bertz CT molecular complexity index is 405. The second-order valence-corrected chi connectivity index (χ2v) is 9.37. The van der Waals surface area contributed by atoms with Crippen molar-refractivity contribution in [2.75, 3.05) is 59.5 Å². The minimum Gasteiger partial charge on any atom is -0.463 e. The minimum atomic E-state index is -0.120. The van der Waals surface area contributed by atoms with Crippen LogP contribution in [0.3, 0.4) is 0 Å². The Hall–Kier alpha value is -0.690. The molecule has 0 aliphatic carbocycles. The molecule has 0 bridgehead atoms. The third-order valence-electron chi connectivity index (χ3n) is 5.98. The number of carbonyl (C=O) groups excluding carboxylic acids is 1. The van der Waals surface area contributed by atoms with E-state index in [4.69, 9.17) is 23.7 Å². The highest BCUT2D eigenvalue weighted by atomic mass is 16.6. The highest BCUT2D eigenvalue weighted by Crippen LogP contribution is 2.10. The van der Waals surface area contributed by atoms with Crippen molar-refractivity contribution in [1.82, 2.24) is 0 Å². The number of ether oxygens (including phenoxy) is 5. The van der Waals surface area contributed by atoms with E-state index in [2.05, 4.69) is 13.8 Å². The van der Waals surface area contributed by atoms with Crippen molar-refractivity contribution in [2.24, 2.45) is 0 Å². The molecule has 0 spiro atoms. The number of unbranched alkanes of at least 4 members (excludes halogenated alkanes) is 14. The van der Waals surface area contributed by atoms with Crippen molar-refractivity contribution < 1.29 is 28.5 Å². The van der Waals surface area contributed by atoms with Gasteiger partial charge in [0.1, 0.15) is 6.61 Å². The van der Waals surface area contributed by atoms with E-state index in [0.29, 0.717) is 59.3 Å². The molecule has 0 aliphatic heterocycles. The molecule has 0 aromatic rings. The van der Waals surface area contributed by atoms with E-state index in [9.17, 15) is 4.79 Å². The maximum absolute atomic E-state index is 11.6. The molecule has 6 nitrogen and oxygen atoms in total. The summed E-state index contributed by atoms with van der Waals surface area (Å²) in [6.45, 7) is 9.44. The molecule has 0 heterocycles. The van der Waals surface area contributed by atoms with Crippen molar-refractivity contribution in [1.29, 1.82) is 0 Å². The van der Waals surface area contributed by atoms with Gasteiger partial charge in [0, 0.05) is 13.0 Å². The van der Waals surface area contributed by atoms with E-state index in [-0.39, 0.29) is 5.97 Å². The Balaban J connectivity index is 3.09. The molecule has 6 heteroatoms. The molecule has 0 saturated heterocycles. The zero-order chi connectivity index (χ0) is 25.5. The smallest absolute Gasteiger partial charge is 0.305 e. The number of rotatable bonds is 30. The van der Waals surface area contributed by atoms with Crippen LogP contribution in [-0.4, -0.2) is 65.4 Å². The van der Waals surface area contributed by atoms with Gasteiger partial charge in [-0.3, -0.25) is 4.79 Å². The summed E-state index contributed by atoms with van der Waals surface area (Å²) in [5.74, 6) is -0.120. The molecule has 0 unspecified atom stereocenters. The molecule has 0 aliphatic rings. The van der Waals surface area contributed by atoms with Crippen LogP contribution >= 0.6 is 0 Å². The van der Waals surface area contributed by atoms with Crippen molar-refractivity contribution in [3.8, 4) is 0 Å². The van der Waals surface area contributed by atoms with Crippen LogP contribution in [0.25, 0.3) is 0 Å². The first-order valence-corrected chi connectivity index (χ1v) is 14.8. The molecule has 0 aromatic carbocycles. The molecule has 0 N–H and O–H groups in total. The molecular formula is C29H58O6. The Morgan fingerprint density at radius 3 is 1.20 bits per heavy atom. The average Bonchev–Trinajstić information content (AvgIpc) is 2.86. The Morgan fingerprint density at radius 2 is 0.743 bits per heavy atom. The lowest BCUT2D eigenvalue weighted by Gasteiger charge is -2.08. The van der Waals surface area contributed by atoms with Gasteiger partial charge in [0.05, 0.1) is 46.2 Å². The maximum Gasteiger partial charge on any atom is 0.305 e. The van der Waals surface area contributed by atoms with E-state index in [1.165, 1.54) is 83.5 Å². The highest BCUT2D eigenvalue weighted by Gasteiger charge is 2.02. The summed E-state index contributed by atoms with van der Waals surface area (Å²) in [6.07, 6.45) is 21.0. The Morgan fingerprint density at radius 1 is 0.400 bits per heavy atom. The quantitative estimate of drug-likeness (QED) is 0.0760. The first-order chi connectivity index (χ1) is 17.3. The lowest BCUT2D eigenvalue weighted by Crippen LogP contribution is -2.14. The lowest BCUT2D eigenvalue weighted by molar-refractivity contribution is -0.145. The van der Waals surface area contributed by atoms with Gasteiger partial charge < -0.3 is 23.7 Å². The molecule has 0 rings (SSSR count). The van der Waals surface area contributed by atoms with Crippen LogP contribution in [0.15, 0.2) is 0 Å². The Labute approximate surface area is 217 Å². The zero-order valence-corrected chi connectivity index (χ0v) is 23.3. The summed E-state index contributed by atoms with van der Waals surface area (Å²) in [5, 5.41) is 0. The number of esters is 1. The van der Waals surface area contributed by atoms with Crippen molar-refractivity contribution in [3.63, 3.8) is 0 Å². The molecule has 0 radical (unpaired) electrons. The van der Waals surface area contributed by atoms with Crippen LogP contribution in [0.4, 0.5) is 0 Å². The summed E-state index contributed by atoms with van der Waals surface area (Å²) < 4.78 is 27.2.